The van der Waals surface area contributed by atoms with Gasteiger partial charge in [-0.15, -0.1) is 0 Å². The highest BCUT2D eigenvalue weighted by Gasteiger charge is 2.05. The molecule has 0 aliphatic carbocycles. The summed E-state index contributed by atoms with van der Waals surface area (Å²) in [6, 6.07) is 7.14. The second-order valence-electron chi connectivity index (χ2n) is 2.77. The zero-order chi connectivity index (χ0) is 10.1. The van der Waals surface area contributed by atoms with Gasteiger partial charge in [0.05, 0.1) is 0 Å². The second-order valence-corrected chi connectivity index (χ2v) is 4.12. The fourth-order valence-corrected chi connectivity index (χ4v) is 1.99. The highest BCUT2D eigenvalue weighted by molar-refractivity contribution is 9.10. The maximum absolute atomic E-state index is 5.89. The predicted octanol–water partition coefficient (Wildman–Crippen LogP) is 3.34. The van der Waals surface area contributed by atoms with Crippen molar-refractivity contribution < 1.29 is 4.52 Å². The molecule has 0 saturated heterocycles. The first-order chi connectivity index (χ1) is 6.65. The molecule has 0 bridgehead atoms. The number of nitrogens with zero attached hydrogens (tertiary/aromatic N) is 1. The SMILES string of the molecule is Nc1cc(-c2cc(Cl)cc(Br)c2)no1. The van der Waals surface area contributed by atoms with Crippen LogP contribution >= 0.6 is 27.5 Å². The predicted molar refractivity (Wildman–Crippen MR) is 59.1 cm³/mol. The van der Waals surface area contributed by atoms with Crippen LogP contribution in [0.4, 0.5) is 5.88 Å². The number of hydrogen-bond acceptors (Lipinski definition) is 3. The fraction of sp³-hybridized carbons (Fsp3) is 0. The molecular formula is C9H6BrClN2O. The van der Waals surface area contributed by atoms with Crippen molar-refractivity contribution in [2.45, 2.75) is 0 Å². The van der Waals surface area contributed by atoms with Crippen LogP contribution < -0.4 is 5.73 Å². The maximum Gasteiger partial charge on any atom is 0.222 e. The summed E-state index contributed by atoms with van der Waals surface area (Å²) >= 11 is 9.23. The molecule has 0 saturated carbocycles. The highest BCUT2D eigenvalue weighted by atomic mass is 79.9. The lowest BCUT2D eigenvalue weighted by Crippen LogP contribution is -1.78. The average Bonchev–Trinajstić information content (AvgIpc) is 2.50. The molecule has 72 valence electrons. The van der Waals surface area contributed by atoms with Crippen molar-refractivity contribution in [3.63, 3.8) is 0 Å². The smallest absolute Gasteiger partial charge is 0.222 e. The molecule has 2 rings (SSSR count). The van der Waals surface area contributed by atoms with Crippen molar-refractivity contribution in [2.75, 3.05) is 5.73 Å². The largest absolute Gasteiger partial charge is 0.368 e. The van der Waals surface area contributed by atoms with E-state index in [1.165, 1.54) is 0 Å². The Hall–Kier alpha value is -1.00. The van der Waals surface area contributed by atoms with Gasteiger partial charge in [0.25, 0.3) is 0 Å². The molecule has 1 aromatic heterocycles. The van der Waals surface area contributed by atoms with E-state index in [4.69, 9.17) is 21.9 Å². The number of benzene rings is 1. The van der Waals surface area contributed by atoms with Crippen molar-refractivity contribution in [1.29, 1.82) is 0 Å². The van der Waals surface area contributed by atoms with E-state index in [1.807, 2.05) is 6.07 Å². The van der Waals surface area contributed by atoms with Crippen LogP contribution in [0.2, 0.25) is 5.02 Å². The number of hydrogen-bond donors (Lipinski definition) is 1. The van der Waals surface area contributed by atoms with Crippen LogP contribution in [0.15, 0.2) is 33.3 Å². The molecule has 0 radical (unpaired) electrons. The van der Waals surface area contributed by atoms with Crippen molar-refractivity contribution in [1.82, 2.24) is 5.16 Å². The molecule has 0 spiro atoms. The standard InChI is InChI=1S/C9H6BrClN2O/c10-6-1-5(2-7(11)3-6)8-4-9(12)14-13-8/h1-4H,12H2. The lowest BCUT2D eigenvalue weighted by molar-refractivity contribution is 0.439. The summed E-state index contributed by atoms with van der Waals surface area (Å²) in [6.07, 6.45) is 0. The van der Waals surface area contributed by atoms with Crippen molar-refractivity contribution >= 4 is 33.4 Å². The molecule has 0 atom stereocenters. The first-order valence-corrected chi connectivity index (χ1v) is 5.01. The lowest BCUT2D eigenvalue weighted by Gasteiger charge is -1.97. The van der Waals surface area contributed by atoms with E-state index >= 15 is 0 Å². The molecule has 0 unspecified atom stereocenters. The van der Waals surface area contributed by atoms with Crippen molar-refractivity contribution in [2.24, 2.45) is 0 Å². The Balaban J connectivity index is 2.51. The summed E-state index contributed by atoms with van der Waals surface area (Å²) in [7, 11) is 0. The summed E-state index contributed by atoms with van der Waals surface area (Å²) in [5.74, 6) is 0.288. The van der Waals surface area contributed by atoms with Gasteiger partial charge in [-0.3, -0.25) is 0 Å². The summed E-state index contributed by atoms with van der Waals surface area (Å²) < 4.78 is 5.66. The van der Waals surface area contributed by atoms with Gasteiger partial charge in [-0.2, -0.15) is 0 Å². The Morgan fingerprint density at radius 1 is 1.29 bits per heavy atom. The van der Waals surface area contributed by atoms with Gasteiger partial charge >= 0.3 is 0 Å². The van der Waals surface area contributed by atoms with Crippen molar-refractivity contribution in [3.8, 4) is 11.3 Å². The summed E-state index contributed by atoms with van der Waals surface area (Å²) in [5, 5.41) is 4.42. The Morgan fingerprint density at radius 2 is 2.07 bits per heavy atom. The molecule has 0 amide bonds. The van der Waals surface area contributed by atoms with Crippen LogP contribution in [0, 0.1) is 0 Å². The van der Waals surface area contributed by atoms with E-state index in [0.717, 1.165) is 10.0 Å². The number of aromatic nitrogens is 1. The van der Waals surface area contributed by atoms with Gasteiger partial charge < -0.3 is 10.3 Å². The number of rotatable bonds is 1. The number of nitrogen functional groups attached to an aromatic ring is 1. The number of nitrogens with two attached hydrogens (primary N) is 1. The van der Waals surface area contributed by atoms with Crippen LogP contribution in [-0.4, -0.2) is 5.16 Å². The molecule has 5 heteroatoms. The van der Waals surface area contributed by atoms with Crippen molar-refractivity contribution in [3.05, 3.63) is 33.8 Å². The molecule has 0 fully saturated rings. The first-order valence-electron chi connectivity index (χ1n) is 3.84. The van der Waals surface area contributed by atoms with E-state index in [1.54, 1.807) is 18.2 Å². The van der Waals surface area contributed by atoms with Crippen LogP contribution in [0.3, 0.4) is 0 Å². The second kappa shape index (κ2) is 3.63. The minimum absolute atomic E-state index is 0.288. The van der Waals surface area contributed by atoms with Crippen LogP contribution in [0.25, 0.3) is 11.3 Å². The van der Waals surface area contributed by atoms with E-state index < -0.39 is 0 Å². The Labute approximate surface area is 94.0 Å². The van der Waals surface area contributed by atoms with Crippen LogP contribution in [-0.2, 0) is 0 Å². The zero-order valence-corrected chi connectivity index (χ0v) is 9.34. The summed E-state index contributed by atoms with van der Waals surface area (Å²) in [5.41, 5.74) is 6.96. The monoisotopic (exact) mass is 272 g/mol. The van der Waals surface area contributed by atoms with E-state index in [0.29, 0.717) is 10.7 Å². The average molecular weight is 274 g/mol. The fourth-order valence-electron chi connectivity index (χ4n) is 1.13. The topological polar surface area (TPSA) is 52.0 Å². The van der Waals surface area contributed by atoms with Gasteiger partial charge in [0, 0.05) is 21.1 Å². The van der Waals surface area contributed by atoms with Gasteiger partial charge in [-0.1, -0.05) is 32.7 Å². The van der Waals surface area contributed by atoms with Gasteiger partial charge in [0.15, 0.2) is 0 Å². The summed E-state index contributed by atoms with van der Waals surface area (Å²) in [6.45, 7) is 0. The lowest BCUT2D eigenvalue weighted by atomic mass is 10.1. The Bertz CT molecular complexity index is 449. The maximum atomic E-state index is 5.89. The Morgan fingerprint density at radius 3 is 2.64 bits per heavy atom. The Kier molecular flexibility index (Phi) is 2.48. The quantitative estimate of drug-likeness (QED) is 0.867. The molecule has 2 aromatic rings. The van der Waals surface area contributed by atoms with E-state index in [9.17, 15) is 0 Å². The highest BCUT2D eigenvalue weighted by Crippen LogP contribution is 2.27. The molecule has 1 aromatic carbocycles. The molecule has 3 nitrogen and oxygen atoms in total. The molecule has 2 N–H and O–H groups in total. The van der Waals surface area contributed by atoms with Crippen LogP contribution in [0.1, 0.15) is 0 Å². The molecular weight excluding hydrogens is 267 g/mol. The van der Waals surface area contributed by atoms with Gasteiger partial charge in [0.2, 0.25) is 5.88 Å². The van der Waals surface area contributed by atoms with Gasteiger partial charge in [-0.05, 0) is 18.2 Å². The van der Waals surface area contributed by atoms with Crippen LogP contribution in [0.5, 0.6) is 0 Å². The molecule has 0 aliphatic heterocycles. The summed E-state index contributed by atoms with van der Waals surface area (Å²) in [4.78, 5) is 0. The number of anilines is 1. The normalized spacial score (nSPS) is 10.4. The van der Waals surface area contributed by atoms with E-state index in [2.05, 4.69) is 21.1 Å². The zero-order valence-electron chi connectivity index (χ0n) is 7.00. The van der Waals surface area contributed by atoms with Gasteiger partial charge in [0.1, 0.15) is 5.69 Å². The minimum atomic E-state index is 0.288. The first kappa shape index (κ1) is 9.55. The molecule has 1 heterocycles. The molecule has 14 heavy (non-hydrogen) atoms. The molecule has 0 aliphatic rings. The van der Waals surface area contributed by atoms with E-state index in [-0.39, 0.29) is 5.88 Å². The third-order valence-electron chi connectivity index (χ3n) is 1.69. The van der Waals surface area contributed by atoms with Gasteiger partial charge in [-0.25, -0.2) is 0 Å². The number of halogens is 2. The third kappa shape index (κ3) is 1.91. The minimum Gasteiger partial charge on any atom is -0.368 e. The third-order valence-corrected chi connectivity index (χ3v) is 2.36.